The van der Waals surface area contributed by atoms with E-state index in [-0.39, 0.29) is 11.3 Å². The maximum Gasteiger partial charge on any atom is 0.139 e. The van der Waals surface area contributed by atoms with E-state index >= 15 is 0 Å². The molecule has 0 aliphatic heterocycles. The van der Waals surface area contributed by atoms with Crippen LogP contribution in [0.2, 0.25) is 0 Å². The average molecular weight is 269 g/mol. The number of oxime groups is 1. The fraction of sp³-hybridized carbons (Fsp3) is 0.583. The Balaban J connectivity index is 1.72. The molecule has 1 atom stereocenters. The van der Waals surface area contributed by atoms with Gasteiger partial charge in [-0.3, -0.25) is 0 Å². The second-order valence-electron chi connectivity index (χ2n) is 4.97. The van der Waals surface area contributed by atoms with Gasteiger partial charge >= 0.3 is 0 Å². The van der Waals surface area contributed by atoms with Crippen LogP contribution in [0.5, 0.6) is 0 Å². The molecule has 0 amide bonds. The number of aliphatic hydroxyl groups excluding tert-OH is 1. The van der Waals surface area contributed by atoms with E-state index in [4.69, 9.17) is 10.9 Å². The monoisotopic (exact) mass is 269 g/mol. The van der Waals surface area contributed by atoms with Crippen LogP contribution in [0.3, 0.4) is 0 Å². The number of nitrogens with zero attached hydrogens (tertiary/aromatic N) is 1. The van der Waals surface area contributed by atoms with E-state index in [0.717, 1.165) is 24.9 Å². The zero-order valence-corrected chi connectivity index (χ0v) is 11.0. The van der Waals surface area contributed by atoms with Gasteiger partial charge in [0.1, 0.15) is 5.84 Å². The Bertz CT molecular complexity index is 401. The number of nitrogens with two attached hydrogens (primary N) is 1. The first kappa shape index (κ1) is 13.3. The lowest BCUT2D eigenvalue weighted by Gasteiger charge is -2.17. The summed E-state index contributed by atoms with van der Waals surface area (Å²) in [5, 5.41) is 28.7. The summed E-state index contributed by atoms with van der Waals surface area (Å²) < 4.78 is 0. The summed E-state index contributed by atoms with van der Waals surface area (Å²) in [4.78, 5) is 0. The Morgan fingerprint density at radius 1 is 1.61 bits per heavy atom. The predicted octanol–water partition coefficient (Wildman–Crippen LogP) is 1.29. The molecule has 5 nitrogen and oxygen atoms in total. The summed E-state index contributed by atoms with van der Waals surface area (Å²) in [7, 11) is 0. The molecule has 0 spiro atoms. The van der Waals surface area contributed by atoms with Gasteiger partial charge in [-0.25, -0.2) is 0 Å². The second-order valence-corrected chi connectivity index (χ2v) is 5.75. The second kappa shape index (κ2) is 5.69. The van der Waals surface area contributed by atoms with E-state index in [1.54, 1.807) is 11.3 Å². The number of nitrogens with one attached hydrogen (secondary N) is 1. The van der Waals surface area contributed by atoms with Crippen molar-refractivity contribution < 1.29 is 10.3 Å². The number of hydrogen-bond acceptors (Lipinski definition) is 5. The van der Waals surface area contributed by atoms with Crippen molar-refractivity contribution in [1.82, 2.24) is 5.32 Å². The molecule has 1 unspecified atom stereocenters. The molecule has 1 aliphatic carbocycles. The molecule has 1 fully saturated rings. The number of rotatable bonds is 7. The van der Waals surface area contributed by atoms with Crippen molar-refractivity contribution in [1.29, 1.82) is 0 Å². The van der Waals surface area contributed by atoms with Gasteiger partial charge in [0, 0.05) is 19.5 Å². The topological polar surface area (TPSA) is 90.9 Å². The summed E-state index contributed by atoms with van der Waals surface area (Å²) >= 11 is 1.58. The third-order valence-electron chi connectivity index (χ3n) is 3.41. The van der Waals surface area contributed by atoms with E-state index in [1.165, 1.54) is 0 Å². The first-order valence-corrected chi connectivity index (χ1v) is 6.97. The molecular weight excluding hydrogens is 250 g/mol. The van der Waals surface area contributed by atoms with Crippen LogP contribution < -0.4 is 11.1 Å². The molecule has 1 saturated carbocycles. The van der Waals surface area contributed by atoms with Crippen LogP contribution in [0.4, 0.5) is 0 Å². The van der Waals surface area contributed by atoms with Crippen molar-refractivity contribution in [2.75, 3.05) is 13.1 Å². The molecule has 1 aromatic heterocycles. The molecule has 18 heavy (non-hydrogen) atoms. The van der Waals surface area contributed by atoms with Gasteiger partial charge in [0.15, 0.2) is 0 Å². The van der Waals surface area contributed by atoms with Crippen molar-refractivity contribution >= 4 is 17.2 Å². The Labute approximate surface area is 110 Å². The summed E-state index contributed by atoms with van der Waals surface area (Å²) in [6.07, 6.45) is 2.33. The molecule has 1 aromatic rings. The summed E-state index contributed by atoms with van der Waals surface area (Å²) in [5.41, 5.74) is 6.61. The molecule has 0 aromatic carbocycles. The SMILES string of the molecule is N/C(CC1(CNCC(O)c2ccsc2)CC1)=N/O. The third-order valence-corrected chi connectivity index (χ3v) is 4.11. The van der Waals surface area contributed by atoms with Crippen molar-refractivity contribution in [3.05, 3.63) is 22.4 Å². The van der Waals surface area contributed by atoms with Crippen LogP contribution in [0, 0.1) is 5.41 Å². The Hall–Kier alpha value is -1.11. The first-order chi connectivity index (χ1) is 8.65. The normalized spacial score (nSPS) is 19.7. The van der Waals surface area contributed by atoms with Gasteiger partial charge in [0.2, 0.25) is 0 Å². The fourth-order valence-electron chi connectivity index (χ4n) is 2.07. The van der Waals surface area contributed by atoms with Crippen LogP contribution in [0.15, 0.2) is 22.0 Å². The molecule has 0 radical (unpaired) electrons. The maximum atomic E-state index is 9.91. The van der Waals surface area contributed by atoms with Gasteiger partial charge in [0.25, 0.3) is 0 Å². The average Bonchev–Trinajstić information content (AvgIpc) is 2.92. The predicted molar refractivity (Wildman–Crippen MR) is 71.8 cm³/mol. The summed E-state index contributed by atoms with van der Waals surface area (Å²) in [6, 6.07) is 1.93. The zero-order valence-electron chi connectivity index (χ0n) is 10.2. The van der Waals surface area contributed by atoms with E-state index in [0.29, 0.717) is 13.0 Å². The Morgan fingerprint density at radius 2 is 2.39 bits per heavy atom. The van der Waals surface area contributed by atoms with Crippen LogP contribution in [-0.4, -0.2) is 29.2 Å². The molecule has 0 bridgehead atoms. The molecule has 100 valence electrons. The van der Waals surface area contributed by atoms with Crippen molar-refractivity contribution in [3.8, 4) is 0 Å². The van der Waals surface area contributed by atoms with E-state index in [1.807, 2.05) is 16.8 Å². The summed E-state index contributed by atoms with van der Waals surface area (Å²) in [5.74, 6) is 0.285. The van der Waals surface area contributed by atoms with E-state index in [2.05, 4.69) is 10.5 Å². The lowest BCUT2D eigenvalue weighted by atomic mass is 10.0. The smallest absolute Gasteiger partial charge is 0.139 e. The van der Waals surface area contributed by atoms with Gasteiger partial charge < -0.3 is 21.4 Å². The summed E-state index contributed by atoms with van der Waals surface area (Å²) in [6.45, 7) is 1.33. The molecular formula is C12H19N3O2S. The molecule has 1 heterocycles. The fourth-order valence-corrected chi connectivity index (χ4v) is 2.78. The lowest BCUT2D eigenvalue weighted by Crippen LogP contribution is -2.31. The van der Waals surface area contributed by atoms with Crippen LogP contribution in [0.25, 0.3) is 0 Å². The highest BCUT2D eigenvalue weighted by Crippen LogP contribution is 2.48. The Kier molecular flexibility index (Phi) is 4.21. The van der Waals surface area contributed by atoms with Crippen molar-refractivity contribution in [3.63, 3.8) is 0 Å². The first-order valence-electron chi connectivity index (χ1n) is 6.02. The van der Waals surface area contributed by atoms with Gasteiger partial charge in [-0.1, -0.05) is 5.16 Å². The van der Waals surface area contributed by atoms with Gasteiger partial charge in [0.05, 0.1) is 6.10 Å². The minimum absolute atomic E-state index is 0.130. The van der Waals surface area contributed by atoms with Gasteiger partial charge in [-0.2, -0.15) is 11.3 Å². The minimum Gasteiger partial charge on any atom is -0.409 e. The lowest BCUT2D eigenvalue weighted by molar-refractivity contribution is 0.172. The van der Waals surface area contributed by atoms with Crippen LogP contribution in [-0.2, 0) is 0 Å². The van der Waals surface area contributed by atoms with E-state index in [9.17, 15) is 5.11 Å². The minimum atomic E-state index is -0.462. The van der Waals surface area contributed by atoms with Crippen molar-refractivity contribution in [2.45, 2.75) is 25.4 Å². The standard InChI is InChI=1S/C12H19N3O2S/c13-11(15-17)5-12(2-3-12)8-14-6-10(16)9-1-4-18-7-9/h1,4,7,10,14,16-17H,2-3,5-6,8H2,(H2,13,15). The third kappa shape index (κ3) is 3.44. The van der Waals surface area contributed by atoms with Gasteiger partial charge in [-0.15, -0.1) is 0 Å². The van der Waals surface area contributed by atoms with E-state index < -0.39 is 6.10 Å². The molecule has 0 saturated heterocycles. The highest BCUT2D eigenvalue weighted by atomic mass is 32.1. The maximum absolute atomic E-state index is 9.91. The van der Waals surface area contributed by atoms with Gasteiger partial charge in [-0.05, 0) is 40.6 Å². The zero-order chi connectivity index (χ0) is 13.0. The molecule has 2 rings (SSSR count). The number of amidine groups is 1. The highest BCUT2D eigenvalue weighted by Gasteiger charge is 2.42. The largest absolute Gasteiger partial charge is 0.409 e. The Morgan fingerprint density at radius 3 is 2.94 bits per heavy atom. The quantitative estimate of drug-likeness (QED) is 0.260. The number of thiophene rings is 1. The molecule has 6 heteroatoms. The van der Waals surface area contributed by atoms with Crippen molar-refractivity contribution in [2.24, 2.45) is 16.3 Å². The van der Waals surface area contributed by atoms with Crippen LogP contribution in [0.1, 0.15) is 30.9 Å². The highest BCUT2D eigenvalue weighted by molar-refractivity contribution is 7.07. The number of aliphatic hydroxyl groups is 1. The van der Waals surface area contributed by atoms with Crippen LogP contribution >= 0.6 is 11.3 Å². The number of hydrogen-bond donors (Lipinski definition) is 4. The molecule has 5 N–H and O–H groups in total. The molecule has 1 aliphatic rings.